The summed E-state index contributed by atoms with van der Waals surface area (Å²) in [4.78, 5) is 8.02. The highest BCUT2D eigenvalue weighted by Gasteiger charge is 1.96. The molecule has 1 aromatic heterocycles. The molecule has 1 rings (SSSR count). The number of hydrogen-bond donors (Lipinski definition) is 1. The van der Waals surface area contributed by atoms with Crippen molar-refractivity contribution in [3.8, 4) is 0 Å². The van der Waals surface area contributed by atoms with E-state index in [1.54, 1.807) is 7.05 Å². The van der Waals surface area contributed by atoms with Gasteiger partial charge >= 0.3 is 0 Å². The third-order valence-electron chi connectivity index (χ3n) is 1.39. The van der Waals surface area contributed by atoms with Crippen LogP contribution in [0, 0.1) is 6.92 Å². The van der Waals surface area contributed by atoms with E-state index in [2.05, 4.69) is 9.98 Å². The Kier molecular flexibility index (Phi) is 2.21. The van der Waals surface area contributed by atoms with Crippen molar-refractivity contribution in [2.24, 2.45) is 10.7 Å². The van der Waals surface area contributed by atoms with Crippen LogP contribution in [0.3, 0.4) is 0 Å². The normalized spacial score (nSPS) is 11.6. The van der Waals surface area contributed by atoms with E-state index in [-0.39, 0.29) is 0 Å². The van der Waals surface area contributed by atoms with Crippen molar-refractivity contribution >= 4 is 5.84 Å². The predicted octanol–water partition coefficient (Wildman–Crippen LogP) is 0.725. The molecule has 0 unspecified atom stereocenters. The molecule has 0 atom stereocenters. The molecule has 0 aliphatic heterocycles. The summed E-state index contributed by atoms with van der Waals surface area (Å²) in [5.41, 5.74) is 7.25. The van der Waals surface area contributed by atoms with Crippen molar-refractivity contribution in [1.82, 2.24) is 4.98 Å². The fourth-order valence-corrected chi connectivity index (χ4v) is 0.800. The number of pyridine rings is 1. The van der Waals surface area contributed by atoms with Gasteiger partial charge in [0.1, 0.15) is 11.5 Å². The third kappa shape index (κ3) is 1.77. The van der Waals surface area contributed by atoms with Gasteiger partial charge in [0.2, 0.25) is 0 Å². The number of hydrogen-bond acceptors (Lipinski definition) is 2. The molecule has 0 fully saturated rings. The summed E-state index contributed by atoms with van der Waals surface area (Å²) >= 11 is 0. The lowest BCUT2D eigenvalue weighted by molar-refractivity contribution is 1.17. The third-order valence-corrected chi connectivity index (χ3v) is 1.39. The Hall–Kier alpha value is -1.38. The molecule has 0 amide bonds. The fraction of sp³-hybridized carbons (Fsp3) is 0.250. The van der Waals surface area contributed by atoms with Crippen LogP contribution in [0.15, 0.2) is 23.2 Å². The van der Waals surface area contributed by atoms with E-state index in [1.165, 1.54) is 0 Å². The number of aryl methyl sites for hydroxylation is 1. The monoisotopic (exact) mass is 149 g/mol. The van der Waals surface area contributed by atoms with Crippen molar-refractivity contribution in [2.45, 2.75) is 6.92 Å². The zero-order valence-electron chi connectivity index (χ0n) is 6.70. The molecule has 1 heterocycles. The lowest BCUT2D eigenvalue weighted by Crippen LogP contribution is -2.14. The minimum absolute atomic E-state index is 0.480. The molecule has 2 N–H and O–H groups in total. The Morgan fingerprint density at radius 2 is 2.27 bits per heavy atom. The van der Waals surface area contributed by atoms with Gasteiger partial charge in [0.15, 0.2) is 0 Å². The van der Waals surface area contributed by atoms with Crippen LogP contribution in [0.5, 0.6) is 0 Å². The van der Waals surface area contributed by atoms with Crippen LogP contribution in [-0.2, 0) is 0 Å². The molecule has 0 aliphatic rings. The van der Waals surface area contributed by atoms with Gasteiger partial charge in [0.05, 0.1) is 0 Å². The van der Waals surface area contributed by atoms with Gasteiger partial charge in [0.25, 0.3) is 0 Å². The van der Waals surface area contributed by atoms with Crippen molar-refractivity contribution in [3.63, 3.8) is 0 Å². The largest absolute Gasteiger partial charge is 0.382 e. The molecular formula is C8H11N3. The molecule has 0 saturated heterocycles. The van der Waals surface area contributed by atoms with Gasteiger partial charge in [-0.25, -0.2) is 4.98 Å². The average Bonchev–Trinajstić information content (AvgIpc) is 2.03. The van der Waals surface area contributed by atoms with Crippen molar-refractivity contribution in [2.75, 3.05) is 7.05 Å². The average molecular weight is 149 g/mol. The maximum Gasteiger partial charge on any atom is 0.144 e. The van der Waals surface area contributed by atoms with E-state index in [4.69, 9.17) is 5.73 Å². The summed E-state index contributed by atoms with van der Waals surface area (Å²) in [5, 5.41) is 0. The van der Waals surface area contributed by atoms with Gasteiger partial charge in [-0.2, -0.15) is 0 Å². The SMILES string of the molecule is CN=C(N)c1cccc(C)n1. The maximum atomic E-state index is 5.55. The zero-order valence-corrected chi connectivity index (χ0v) is 6.70. The molecule has 3 nitrogen and oxygen atoms in total. The van der Waals surface area contributed by atoms with Gasteiger partial charge in [-0.15, -0.1) is 0 Å². The zero-order chi connectivity index (χ0) is 8.27. The summed E-state index contributed by atoms with van der Waals surface area (Å²) < 4.78 is 0. The lowest BCUT2D eigenvalue weighted by atomic mass is 10.3. The quantitative estimate of drug-likeness (QED) is 0.472. The van der Waals surface area contributed by atoms with E-state index >= 15 is 0 Å². The lowest BCUT2D eigenvalue weighted by Gasteiger charge is -1.98. The van der Waals surface area contributed by atoms with Gasteiger partial charge in [-0.1, -0.05) is 6.07 Å². The molecular weight excluding hydrogens is 138 g/mol. The fourth-order valence-electron chi connectivity index (χ4n) is 0.800. The Morgan fingerprint density at radius 1 is 1.55 bits per heavy atom. The number of amidine groups is 1. The first-order valence-electron chi connectivity index (χ1n) is 3.40. The smallest absolute Gasteiger partial charge is 0.144 e. The Bertz CT molecular complexity index is 278. The van der Waals surface area contributed by atoms with E-state index in [1.807, 2.05) is 25.1 Å². The molecule has 0 radical (unpaired) electrons. The van der Waals surface area contributed by atoms with E-state index in [0.717, 1.165) is 11.4 Å². The van der Waals surface area contributed by atoms with Gasteiger partial charge in [0, 0.05) is 12.7 Å². The number of aliphatic imine (C=N–C) groups is 1. The second kappa shape index (κ2) is 3.14. The van der Waals surface area contributed by atoms with E-state index in [0.29, 0.717) is 5.84 Å². The van der Waals surface area contributed by atoms with E-state index < -0.39 is 0 Å². The molecule has 0 spiro atoms. The first kappa shape index (κ1) is 7.72. The highest BCUT2D eigenvalue weighted by molar-refractivity contribution is 5.95. The molecule has 1 aromatic rings. The van der Waals surface area contributed by atoms with Crippen molar-refractivity contribution in [3.05, 3.63) is 29.6 Å². The van der Waals surface area contributed by atoms with Crippen LogP contribution in [0.4, 0.5) is 0 Å². The molecule has 0 aliphatic carbocycles. The number of nitrogens with two attached hydrogens (primary N) is 1. The standard InChI is InChI=1S/C8H11N3/c1-6-4-3-5-7(11-6)8(9)10-2/h3-5H,1-2H3,(H2,9,10). The van der Waals surface area contributed by atoms with E-state index in [9.17, 15) is 0 Å². The summed E-state index contributed by atoms with van der Waals surface area (Å²) in [6.07, 6.45) is 0. The second-order valence-electron chi connectivity index (χ2n) is 2.27. The van der Waals surface area contributed by atoms with Crippen molar-refractivity contribution in [1.29, 1.82) is 0 Å². The molecule has 58 valence electrons. The van der Waals surface area contributed by atoms with Crippen molar-refractivity contribution < 1.29 is 0 Å². The maximum absolute atomic E-state index is 5.55. The molecule has 0 aromatic carbocycles. The first-order valence-corrected chi connectivity index (χ1v) is 3.40. The second-order valence-corrected chi connectivity index (χ2v) is 2.27. The summed E-state index contributed by atoms with van der Waals surface area (Å²) in [7, 11) is 1.65. The highest BCUT2D eigenvalue weighted by Crippen LogP contribution is 1.96. The van der Waals surface area contributed by atoms with Crippen LogP contribution in [0.25, 0.3) is 0 Å². The Balaban J connectivity index is 3.06. The van der Waals surface area contributed by atoms with Gasteiger partial charge in [-0.05, 0) is 19.1 Å². The molecule has 3 heteroatoms. The Labute approximate surface area is 66.0 Å². The Morgan fingerprint density at radius 3 is 2.82 bits per heavy atom. The van der Waals surface area contributed by atoms with Crippen LogP contribution in [-0.4, -0.2) is 17.9 Å². The number of nitrogens with zero attached hydrogens (tertiary/aromatic N) is 2. The summed E-state index contributed by atoms with van der Waals surface area (Å²) in [6, 6.07) is 5.68. The molecule has 0 saturated carbocycles. The number of aromatic nitrogens is 1. The molecule has 0 bridgehead atoms. The summed E-state index contributed by atoms with van der Waals surface area (Å²) in [5.74, 6) is 0.480. The summed E-state index contributed by atoms with van der Waals surface area (Å²) in [6.45, 7) is 1.92. The van der Waals surface area contributed by atoms with Crippen LogP contribution in [0.2, 0.25) is 0 Å². The van der Waals surface area contributed by atoms with Gasteiger partial charge in [-0.3, -0.25) is 4.99 Å². The van der Waals surface area contributed by atoms with Crippen LogP contribution in [0.1, 0.15) is 11.4 Å². The number of rotatable bonds is 1. The highest BCUT2D eigenvalue weighted by atomic mass is 14.9. The minimum atomic E-state index is 0.480. The van der Waals surface area contributed by atoms with Gasteiger partial charge < -0.3 is 5.73 Å². The van der Waals surface area contributed by atoms with Crippen LogP contribution >= 0.6 is 0 Å². The minimum Gasteiger partial charge on any atom is -0.382 e. The molecule has 11 heavy (non-hydrogen) atoms. The first-order chi connectivity index (χ1) is 5.24. The predicted molar refractivity (Wildman–Crippen MR) is 45.6 cm³/mol. The van der Waals surface area contributed by atoms with Crippen LogP contribution < -0.4 is 5.73 Å². The topological polar surface area (TPSA) is 51.3 Å².